The molecule has 2 N–H and O–H groups in total. The molecule has 6 nitrogen and oxygen atoms in total. The Kier molecular flexibility index (Phi) is 3.87. The normalized spacial score (nSPS) is 52.9. The summed E-state index contributed by atoms with van der Waals surface area (Å²) in [6.07, 6.45) is 8.74. The molecule has 6 heteroatoms. The van der Waals surface area contributed by atoms with E-state index < -0.39 is 17.5 Å². The Morgan fingerprint density at radius 3 is 2.72 bits per heavy atom. The van der Waals surface area contributed by atoms with Gasteiger partial charge in [0.05, 0.1) is 25.4 Å². The first-order valence-electron chi connectivity index (χ1n) is 11.4. The third-order valence-corrected chi connectivity index (χ3v) is 9.77. The second-order valence-electron chi connectivity index (χ2n) is 10.7. The van der Waals surface area contributed by atoms with Gasteiger partial charge in [-0.05, 0) is 55.9 Å². The van der Waals surface area contributed by atoms with Gasteiger partial charge < -0.3 is 29.2 Å². The highest BCUT2D eigenvalue weighted by molar-refractivity contribution is 5.43. The summed E-state index contributed by atoms with van der Waals surface area (Å²) in [6, 6.07) is 0. The summed E-state index contributed by atoms with van der Waals surface area (Å²) < 4.78 is 23.9. The third kappa shape index (κ3) is 2.18. The van der Waals surface area contributed by atoms with E-state index >= 15 is 0 Å². The SMILES string of the molecule is COC[C@@H](O)[C@@]1(O)CC[C@H]2[C@@H]3CC[C@@]45CC6(CC[C@@]4(O5)C3=CC[C@@]21C)OCCO6. The summed E-state index contributed by atoms with van der Waals surface area (Å²) >= 11 is 0. The van der Waals surface area contributed by atoms with Crippen LogP contribution in [0.4, 0.5) is 0 Å². The van der Waals surface area contributed by atoms with E-state index in [1.807, 2.05) is 0 Å². The summed E-state index contributed by atoms with van der Waals surface area (Å²) in [5.74, 6) is 0.395. The van der Waals surface area contributed by atoms with Crippen LogP contribution in [-0.2, 0) is 18.9 Å². The van der Waals surface area contributed by atoms with Gasteiger partial charge in [0.1, 0.15) is 17.3 Å². The van der Waals surface area contributed by atoms with Crippen LogP contribution in [0.1, 0.15) is 58.3 Å². The molecule has 0 unspecified atom stereocenters. The van der Waals surface area contributed by atoms with E-state index in [1.165, 1.54) is 5.57 Å². The molecule has 3 saturated carbocycles. The zero-order valence-electron chi connectivity index (χ0n) is 17.6. The van der Waals surface area contributed by atoms with Crippen LogP contribution in [0.25, 0.3) is 0 Å². The van der Waals surface area contributed by atoms with Crippen LogP contribution in [0.15, 0.2) is 11.6 Å². The van der Waals surface area contributed by atoms with Crippen molar-refractivity contribution in [1.82, 2.24) is 0 Å². The number of allylic oxidation sites excluding steroid dienone is 1. The number of methoxy groups -OCH3 is 1. The molecule has 0 bridgehead atoms. The van der Waals surface area contributed by atoms with Crippen LogP contribution in [0.5, 0.6) is 0 Å². The lowest BCUT2D eigenvalue weighted by Gasteiger charge is -2.53. The van der Waals surface area contributed by atoms with Gasteiger partial charge in [0.25, 0.3) is 0 Å². The Balaban J connectivity index is 1.31. The van der Waals surface area contributed by atoms with Crippen molar-refractivity contribution in [2.24, 2.45) is 17.3 Å². The summed E-state index contributed by atoms with van der Waals surface area (Å²) in [7, 11) is 1.58. The molecule has 0 aromatic carbocycles. The number of ether oxygens (including phenoxy) is 4. The molecule has 0 aromatic rings. The smallest absolute Gasteiger partial charge is 0.171 e. The topological polar surface area (TPSA) is 80.7 Å². The van der Waals surface area contributed by atoms with Gasteiger partial charge in [0, 0.05) is 25.4 Å². The Morgan fingerprint density at radius 1 is 1.17 bits per heavy atom. The van der Waals surface area contributed by atoms with Crippen LogP contribution in [0.2, 0.25) is 0 Å². The van der Waals surface area contributed by atoms with Gasteiger partial charge in [-0.15, -0.1) is 0 Å². The third-order valence-electron chi connectivity index (χ3n) is 9.77. The zero-order chi connectivity index (χ0) is 20.1. The fourth-order valence-electron chi connectivity index (χ4n) is 8.22. The van der Waals surface area contributed by atoms with E-state index in [2.05, 4.69) is 13.0 Å². The second-order valence-corrected chi connectivity index (χ2v) is 10.7. The fraction of sp³-hybridized carbons (Fsp3) is 0.913. The summed E-state index contributed by atoms with van der Waals surface area (Å²) in [6.45, 7) is 3.74. The number of epoxide rings is 1. The molecule has 0 aromatic heterocycles. The second kappa shape index (κ2) is 5.84. The molecule has 2 saturated heterocycles. The average molecular weight is 407 g/mol. The lowest BCUT2D eigenvalue weighted by molar-refractivity contribution is -0.186. The van der Waals surface area contributed by atoms with E-state index in [1.54, 1.807) is 7.11 Å². The maximum absolute atomic E-state index is 11.6. The highest BCUT2D eigenvalue weighted by atomic mass is 16.7. The molecule has 5 fully saturated rings. The van der Waals surface area contributed by atoms with Crippen molar-refractivity contribution in [2.75, 3.05) is 26.9 Å². The first kappa shape index (κ1) is 19.2. The number of rotatable bonds is 3. The van der Waals surface area contributed by atoms with Crippen LogP contribution in [0.3, 0.4) is 0 Å². The molecule has 162 valence electrons. The quantitative estimate of drug-likeness (QED) is 0.553. The van der Waals surface area contributed by atoms with Crippen molar-refractivity contribution < 1.29 is 29.2 Å². The lowest BCUT2D eigenvalue weighted by Crippen LogP contribution is -2.58. The minimum Gasteiger partial charge on any atom is -0.388 e. The highest BCUT2D eigenvalue weighted by Gasteiger charge is 2.79. The molecule has 0 amide bonds. The van der Waals surface area contributed by atoms with Crippen LogP contribution in [0, 0.1) is 17.3 Å². The molecular weight excluding hydrogens is 372 g/mol. The Morgan fingerprint density at radius 2 is 1.97 bits per heavy atom. The molecule has 0 radical (unpaired) electrons. The van der Waals surface area contributed by atoms with Gasteiger partial charge in [-0.3, -0.25) is 0 Å². The van der Waals surface area contributed by atoms with Crippen molar-refractivity contribution in [2.45, 2.75) is 87.0 Å². The lowest BCUT2D eigenvalue weighted by atomic mass is 9.52. The predicted molar refractivity (Wildman–Crippen MR) is 104 cm³/mol. The monoisotopic (exact) mass is 406 g/mol. The van der Waals surface area contributed by atoms with Gasteiger partial charge in [0.15, 0.2) is 5.79 Å². The van der Waals surface area contributed by atoms with E-state index in [0.717, 1.165) is 44.9 Å². The van der Waals surface area contributed by atoms with E-state index in [4.69, 9.17) is 18.9 Å². The first-order valence-corrected chi connectivity index (χ1v) is 11.4. The van der Waals surface area contributed by atoms with Crippen LogP contribution >= 0.6 is 0 Å². The van der Waals surface area contributed by atoms with Crippen molar-refractivity contribution in [1.29, 1.82) is 0 Å². The highest BCUT2D eigenvalue weighted by Crippen LogP contribution is 2.74. The number of hydrogen-bond donors (Lipinski definition) is 2. The molecule has 4 aliphatic carbocycles. The van der Waals surface area contributed by atoms with E-state index in [-0.39, 0.29) is 23.2 Å². The number of fused-ring (bicyclic) bond motifs is 3. The molecule has 6 rings (SSSR count). The summed E-state index contributed by atoms with van der Waals surface area (Å²) in [5, 5.41) is 22.3. The average Bonchev–Trinajstić information content (AvgIpc) is 3.03. The van der Waals surface area contributed by atoms with E-state index in [9.17, 15) is 10.2 Å². The van der Waals surface area contributed by atoms with Gasteiger partial charge in [-0.25, -0.2) is 0 Å². The molecule has 2 heterocycles. The standard InChI is InChI=1S/C23H34O6/c1-19-6-4-17-15(16(19)5-8-22(19,25)18(24)13-26-2)3-7-20-14-21(27-11-12-28-21)9-10-23(17,20)29-20/h4,15-16,18,24-25H,3,5-14H2,1-2H3/t15-,16-,18+,19-,20+,22-,23+/m0/s1. The summed E-state index contributed by atoms with van der Waals surface area (Å²) in [4.78, 5) is 0. The fourth-order valence-corrected chi connectivity index (χ4v) is 8.22. The molecule has 6 aliphatic rings. The Hall–Kier alpha value is -0.500. The predicted octanol–water partition coefficient (Wildman–Crippen LogP) is 2.32. The van der Waals surface area contributed by atoms with E-state index in [0.29, 0.717) is 31.5 Å². The maximum atomic E-state index is 11.6. The number of aliphatic hydroxyl groups excluding tert-OH is 1. The van der Waals surface area contributed by atoms with Crippen molar-refractivity contribution in [3.05, 3.63) is 11.6 Å². The van der Waals surface area contributed by atoms with Crippen LogP contribution < -0.4 is 0 Å². The zero-order valence-corrected chi connectivity index (χ0v) is 17.6. The number of hydrogen-bond acceptors (Lipinski definition) is 6. The maximum Gasteiger partial charge on any atom is 0.171 e. The largest absolute Gasteiger partial charge is 0.388 e. The van der Waals surface area contributed by atoms with Crippen LogP contribution in [-0.4, -0.2) is 65.8 Å². The van der Waals surface area contributed by atoms with Crippen molar-refractivity contribution in [3.8, 4) is 0 Å². The van der Waals surface area contributed by atoms with Gasteiger partial charge in [-0.1, -0.05) is 13.0 Å². The van der Waals surface area contributed by atoms with Crippen molar-refractivity contribution in [3.63, 3.8) is 0 Å². The minimum absolute atomic E-state index is 0.115. The Bertz CT molecular complexity index is 746. The summed E-state index contributed by atoms with van der Waals surface area (Å²) in [5.41, 5.74) is -0.184. The van der Waals surface area contributed by atoms with Gasteiger partial charge in [0.2, 0.25) is 0 Å². The van der Waals surface area contributed by atoms with Gasteiger partial charge in [-0.2, -0.15) is 0 Å². The van der Waals surface area contributed by atoms with Gasteiger partial charge >= 0.3 is 0 Å². The van der Waals surface area contributed by atoms with Crippen molar-refractivity contribution >= 4 is 0 Å². The minimum atomic E-state index is -1.09. The molecular formula is C23H34O6. The molecule has 1 spiro atoms. The molecule has 2 aliphatic heterocycles. The molecule has 7 atom stereocenters. The molecule has 29 heavy (non-hydrogen) atoms. The Labute approximate surface area is 172 Å². The first-order chi connectivity index (χ1) is 13.8. The number of aliphatic hydroxyl groups is 2.